The number of likely N-dealkylation sites (tertiary alicyclic amines) is 1. The topological polar surface area (TPSA) is 29.5 Å². The van der Waals surface area contributed by atoms with Gasteiger partial charge in [0.2, 0.25) is 0 Å². The van der Waals surface area contributed by atoms with E-state index >= 15 is 0 Å². The zero-order valence-corrected chi connectivity index (χ0v) is 12.4. The van der Waals surface area contributed by atoms with E-state index in [2.05, 4.69) is 11.8 Å². The van der Waals surface area contributed by atoms with Gasteiger partial charge < -0.3 is 9.64 Å². The summed E-state index contributed by atoms with van der Waals surface area (Å²) in [6.07, 6.45) is 5.82. The summed E-state index contributed by atoms with van der Waals surface area (Å²) in [5.41, 5.74) is 0.671. The first-order valence-electron chi connectivity index (χ1n) is 7.68. The maximum absolute atomic E-state index is 10.7. The van der Waals surface area contributed by atoms with Crippen molar-refractivity contribution in [3.8, 4) is 5.75 Å². The number of hydrogen-bond acceptors (Lipinski definition) is 3. The van der Waals surface area contributed by atoms with Crippen molar-refractivity contribution in [2.75, 3.05) is 26.2 Å². The molecular formula is C17H25NO2. The predicted octanol–water partition coefficient (Wildman–Crippen LogP) is 3.39. The molecule has 0 spiro atoms. The molecule has 1 atom stereocenters. The van der Waals surface area contributed by atoms with Gasteiger partial charge in [-0.05, 0) is 56.8 Å². The summed E-state index contributed by atoms with van der Waals surface area (Å²) >= 11 is 0. The molecule has 110 valence electrons. The minimum absolute atomic E-state index is 0.671. The van der Waals surface area contributed by atoms with E-state index in [0.29, 0.717) is 5.56 Å². The molecule has 2 rings (SSSR count). The third-order valence-corrected chi connectivity index (χ3v) is 3.87. The van der Waals surface area contributed by atoms with Crippen LogP contribution in [0.25, 0.3) is 0 Å². The van der Waals surface area contributed by atoms with Gasteiger partial charge in [0.05, 0.1) is 6.61 Å². The molecular weight excluding hydrogens is 250 g/mol. The number of nitrogens with zero attached hydrogens (tertiary/aromatic N) is 1. The number of unbranched alkanes of at least 4 members (excludes halogenated alkanes) is 1. The fraction of sp³-hybridized carbons (Fsp3) is 0.588. The van der Waals surface area contributed by atoms with Crippen LogP contribution in [0.3, 0.4) is 0 Å². The van der Waals surface area contributed by atoms with Gasteiger partial charge in [-0.2, -0.15) is 0 Å². The summed E-state index contributed by atoms with van der Waals surface area (Å²) in [6.45, 7) is 6.76. The van der Waals surface area contributed by atoms with E-state index in [1.807, 2.05) is 12.1 Å². The van der Waals surface area contributed by atoms with E-state index in [9.17, 15) is 4.79 Å². The van der Waals surface area contributed by atoms with Crippen LogP contribution in [0, 0.1) is 5.92 Å². The van der Waals surface area contributed by atoms with Crippen molar-refractivity contribution in [3.05, 3.63) is 29.8 Å². The zero-order valence-electron chi connectivity index (χ0n) is 12.4. The average molecular weight is 275 g/mol. The zero-order chi connectivity index (χ0) is 14.2. The Morgan fingerprint density at radius 3 is 3.10 bits per heavy atom. The van der Waals surface area contributed by atoms with E-state index in [0.717, 1.165) is 31.0 Å². The summed E-state index contributed by atoms with van der Waals surface area (Å²) < 4.78 is 5.68. The largest absolute Gasteiger partial charge is 0.494 e. The van der Waals surface area contributed by atoms with E-state index < -0.39 is 0 Å². The fourth-order valence-corrected chi connectivity index (χ4v) is 2.79. The van der Waals surface area contributed by atoms with E-state index in [1.165, 1.54) is 38.9 Å². The summed E-state index contributed by atoms with van der Waals surface area (Å²) in [6, 6.07) is 7.34. The Morgan fingerprint density at radius 2 is 2.30 bits per heavy atom. The third-order valence-electron chi connectivity index (χ3n) is 3.87. The number of benzene rings is 1. The number of rotatable bonds is 7. The second-order valence-corrected chi connectivity index (χ2v) is 5.79. The Kier molecular flexibility index (Phi) is 6.06. The molecule has 0 amide bonds. The maximum Gasteiger partial charge on any atom is 0.150 e. The van der Waals surface area contributed by atoms with E-state index in [4.69, 9.17) is 4.74 Å². The number of carbonyl (C=O) groups is 1. The molecule has 3 heteroatoms. The Balaban J connectivity index is 1.60. The molecule has 1 aromatic rings. The number of ether oxygens (including phenoxy) is 1. The Hall–Kier alpha value is -1.35. The molecule has 20 heavy (non-hydrogen) atoms. The van der Waals surface area contributed by atoms with Gasteiger partial charge in [0, 0.05) is 12.1 Å². The molecule has 0 saturated carbocycles. The van der Waals surface area contributed by atoms with Crippen molar-refractivity contribution < 1.29 is 9.53 Å². The lowest BCUT2D eigenvalue weighted by Gasteiger charge is -2.30. The van der Waals surface area contributed by atoms with Crippen LogP contribution in [0.15, 0.2) is 24.3 Å². The number of piperidine rings is 1. The maximum atomic E-state index is 10.7. The summed E-state index contributed by atoms with van der Waals surface area (Å²) in [4.78, 5) is 13.2. The van der Waals surface area contributed by atoms with E-state index in [1.54, 1.807) is 12.1 Å². The minimum Gasteiger partial charge on any atom is -0.494 e. The fourth-order valence-electron chi connectivity index (χ4n) is 2.79. The quantitative estimate of drug-likeness (QED) is 0.564. The predicted molar refractivity (Wildman–Crippen MR) is 81.4 cm³/mol. The standard InChI is InChI=1S/C17H25NO2/c1-15-6-5-10-18(13-15)9-2-3-11-20-17-8-4-7-16(12-17)14-19/h4,7-8,12,14-15H,2-3,5-6,9-11,13H2,1H3. The van der Waals surface area contributed by atoms with Gasteiger partial charge in [-0.15, -0.1) is 0 Å². The first kappa shape index (κ1) is 15.0. The van der Waals surface area contributed by atoms with Crippen LogP contribution < -0.4 is 4.74 Å². The van der Waals surface area contributed by atoms with Gasteiger partial charge in [0.15, 0.2) is 0 Å². The molecule has 0 bridgehead atoms. The third kappa shape index (κ3) is 4.97. The van der Waals surface area contributed by atoms with Crippen molar-refractivity contribution in [3.63, 3.8) is 0 Å². The molecule has 0 radical (unpaired) electrons. The van der Waals surface area contributed by atoms with Crippen LogP contribution in [-0.2, 0) is 0 Å². The van der Waals surface area contributed by atoms with Crippen LogP contribution in [0.5, 0.6) is 5.75 Å². The Labute approximate surface area is 121 Å². The lowest BCUT2D eigenvalue weighted by molar-refractivity contribution is 0.112. The molecule has 3 nitrogen and oxygen atoms in total. The van der Waals surface area contributed by atoms with Gasteiger partial charge in [-0.3, -0.25) is 4.79 Å². The molecule has 1 aliphatic rings. The number of aldehydes is 1. The molecule has 0 aliphatic carbocycles. The lowest BCUT2D eigenvalue weighted by atomic mass is 10.0. The first-order chi connectivity index (χ1) is 9.78. The second kappa shape index (κ2) is 8.05. The van der Waals surface area contributed by atoms with Crippen LogP contribution in [0.4, 0.5) is 0 Å². The molecule has 1 saturated heterocycles. The lowest BCUT2D eigenvalue weighted by Crippen LogP contribution is -2.35. The number of hydrogen-bond donors (Lipinski definition) is 0. The number of carbonyl (C=O) groups excluding carboxylic acids is 1. The minimum atomic E-state index is 0.671. The molecule has 0 N–H and O–H groups in total. The molecule has 1 heterocycles. The van der Waals surface area contributed by atoms with Gasteiger partial charge in [-0.25, -0.2) is 0 Å². The van der Waals surface area contributed by atoms with Crippen molar-refractivity contribution >= 4 is 6.29 Å². The van der Waals surface area contributed by atoms with Crippen LogP contribution in [0.1, 0.15) is 43.0 Å². The smallest absolute Gasteiger partial charge is 0.150 e. The first-order valence-corrected chi connectivity index (χ1v) is 7.68. The normalized spacial score (nSPS) is 19.8. The SMILES string of the molecule is CC1CCCN(CCCCOc2cccc(C=O)c2)C1. The van der Waals surface area contributed by atoms with Crippen molar-refractivity contribution in [2.45, 2.75) is 32.6 Å². The van der Waals surface area contributed by atoms with Crippen LogP contribution in [0.2, 0.25) is 0 Å². The van der Waals surface area contributed by atoms with Gasteiger partial charge >= 0.3 is 0 Å². The monoisotopic (exact) mass is 275 g/mol. The van der Waals surface area contributed by atoms with Gasteiger partial charge in [-0.1, -0.05) is 19.1 Å². The van der Waals surface area contributed by atoms with Crippen molar-refractivity contribution in [1.29, 1.82) is 0 Å². The van der Waals surface area contributed by atoms with Gasteiger partial charge in [0.25, 0.3) is 0 Å². The Morgan fingerprint density at radius 1 is 1.40 bits per heavy atom. The van der Waals surface area contributed by atoms with Gasteiger partial charge in [0.1, 0.15) is 12.0 Å². The average Bonchev–Trinajstić information content (AvgIpc) is 2.47. The molecule has 1 fully saturated rings. The molecule has 1 unspecified atom stereocenters. The van der Waals surface area contributed by atoms with Crippen LogP contribution in [-0.4, -0.2) is 37.4 Å². The van der Waals surface area contributed by atoms with Crippen LogP contribution >= 0.6 is 0 Å². The molecule has 0 aromatic heterocycles. The summed E-state index contributed by atoms with van der Waals surface area (Å²) in [7, 11) is 0. The summed E-state index contributed by atoms with van der Waals surface area (Å²) in [5.74, 6) is 1.65. The Bertz CT molecular complexity index is 419. The van der Waals surface area contributed by atoms with Crippen molar-refractivity contribution in [1.82, 2.24) is 4.90 Å². The highest BCUT2D eigenvalue weighted by Crippen LogP contribution is 2.16. The van der Waals surface area contributed by atoms with E-state index in [-0.39, 0.29) is 0 Å². The second-order valence-electron chi connectivity index (χ2n) is 5.79. The van der Waals surface area contributed by atoms with Crippen molar-refractivity contribution in [2.24, 2.45) is 5.92 Å². The highest BCUT2D eigenvalue weighted by Gasteiger charge is 2.15. The molecule has 1 aliphatic heterocycles. The molecule has 1 aromatic carbocycles. The highest BCUT2D eigenvalue weighted by atomic mass is 16.5. The summed E-state index contributed by atoms with van der Waals surface area (Å²) in [5, 5.41) is 0. The highest BCUT2D eigenvalue weighted by molar-refractivity contribution is 5.75.